The van der Waals surface area contributed by atoms with E-state index >= 15 is 0 Å². The van der Waals surface area contributed by atoms with E-state index < -0.39 is 0 Å². The summed E-state index contributed by atoms with van der Waals surface area (Å²) in [5.41, 5.74) is 8.52. The van der Waals surface area contributed by atoms with Gasteiger partial charge in [0.25, 0.3) is 5.91 Å². The maximum absolute atomic E-state index is 13.2. The summed E-state index contributed by atoms with van der Waals surface area (Å²) < 4.78 is 1.70. The van der Waals surface area contributed by atoms with Crippen molar-refractivity contribution < 1.29 is 9.59 Å². The van der Waals surface area contributed by atoms with Crippen LogP contribution in [-0.4, -0.2) is 39.3 Å². The van der Waals surface area contributed by atoms with Gasteiger partial charge in [-0.1, -0.05) is 0 Å². The van der Waals surface area contributed by atoms with Gasteiger partial charge in [0.05, 0.1) is 17.4 Å². The minimum atomic E-state index is -0.0786. The van der Waals surface area contributed by atoms with Crippen LogP contribution >= 0.6 is 23.6 Å². The van der Waals surface area contributed by atoms with E-state index in [-0.39, 0.29) is 23.8 Å². The molecule has 0 bridgehead atoms. The molecule has 0 saturated heterocycles. The molecule has 33 heavy (non-hydrogen) atoms. The Hall–Kier alpha value is -2.66. The van der Waals surface area contributed by atoms with Crippen LogP contribution in [-0.2, 0) is 24.7 Å². The standard InChI is InChI=1S/C22H29N7O2S2/c1-29-11-15(10-24-29)27-28-22(32)25-14-6-7-17-16(8-14)18(20(31)23-9-12-2-3-12)21(33-17)26-19(30)13-4-5-13/h10-14,27H,2-9H2,1H3,(H,23,31)(H,26,30)(H2,25,28,32)/t14-/m0/s1. The summed E-state index contributed by atoms with van der Waals surface area (Å²) in [6.45, 7) is 0.704. The second-order valence-electron chi connectivity index (χ2n) is 9.19. The van der Waals surface area contributed by atoms with Gasteiger partial charge in [-0.3, -0.25) is 25.1 Å². The maximum Gasteiger partial charge on any atom is 0.254 e. The Balaban J connectivity index is 1.26. The summed E-state index contributed by atoms with van der Waals surface area (Å²) in [5.74, 6) is 0.645. The molecule has 2 amide bonds. The molecule has 0 aliphatic heterocycles. The summed E-state index contributed by atoms with van der Waals surface area (Å²) in [7, 11) is 1.85. The highest BCUT2D eigenvalue weighted by Gasteiger charge is 2.34. The van der Waals surface area contributed by atoms with Gasteiger partial charge in [-0.15, -0.1) is 11.3 Å². The molecule has 0 unspecified atom stereocenters. The van der Waals surface area contributed by atoms with Crippen LogP contribution in [0.2, 0.25) is 0 Å². The summed E-state index contributed by atoms with van der Waals surface area (Å²) >= 11 is 7.01. The summed E-state index contributed by atoms with van der Waals surface area (Å²) in [4.78, 5) is 26.8. The number of hydrogen-bond acceptors (Lipinski definition) is 6. The minimum Gasteiger partial charge on any atom is -0.358 e. The van der Waals surface area contributed by atoms with Crippen LogP contribution in [0.3, 0.4) is 0 Å². The van der Waals surface area contributed by atoms with Crippen LogP contribution in [0.1, 0.15) is 52.9 Å². The van der Waals surface area contributed by atoms with Crippen LogP contribution in [0.4, 0.5) is 10.7 Å². The molecule has 2 aromatic heterocycles. The number of thiocarbonyl (C=S) groups is 1. The van der Waals surface area contributed by atoms with Crippen molar-refractivity contribution in [1.29, 1.82) is 0 Å². The third-order valence-electron chi connectivity index (χ3n) is 6.28. The Morgan fingerprint density at radius 2 is 2.06 bits per heavy atom. The van der Waals surface area contributed by atoms with Crippen LogP contribution in [0.15, 0.2) is 12.4 Å². The average Bonchev–Trinajstić information content (AvgIpc) is 3.71. The maximum atomic E-state index is 13.2. The van der Waals surface area contributed by atoms with Gasteiger partial charge in [-0.05, 0) is 68.6 Å². The van der Waals surface area contributed by atoms with Crippen LogP contribution in [0.25, 0.3) is 0 Å². The van der Waals surface area contributed by atoms with Crippen LogP contribution in [0.5, 0.6) is 0 Å². The number of nitrogens with one attached hydrogen (secondary N) is 5. The molecule has 5 N–H and O–H groups in total. The zero-order valence-corrected chi connectivity index (χ0v) is 20.2. The van der Waals surface area contributed by atoms with Gasteiger partial charge >= 0.3 is 0 Å². The number of amides is 2. The molecule has 176 valence electrons. The quantitative estimate of drug-likeness (QED) is 0.287. The lowest BCUT2D eigenvalue weighted by Gasteiger charge is -2.25. The van der Waals surface area contributed by atoms with E-state index in [2.05, 4.69) is 31.9 Å². The highest BCUT2D eigenvalue weighted by molar-refractivity contribution is 7.80. The molecule has 2 heterocycles. The smallest absolute Gasteiger partial charge is 0.254 e. The Morgan fingerprint density at radius 1 is 1.24 bits per heavy atom. The number of aryl methyl sites for hydroxylation is 2. The van der Waals surface area contributed by atoms with Crippen molar-refractivity contribution >= 4 is 51.2 Å². The van der Waals surface area contributed by atoms with Gasteiger partial charge in [0.2, 0.25) is 5.91 Å². The SMILES string of the molecule is Cn1cc(NNC(=S)N[C@H]2CCc3sc(NC(=O)C4CC4)c(C(=O)NCC4CC4)c3C2)cn1. The van der Waals surface area contributed by atoms with Crippen molar-refractivity contribution in [3.63, 3.8) is 0 Å². The molecule has 3 aliphatic carbocycles. The normalized spacial score (nSPS) is 19.4. The summed E-state index contributed by atoms with van der Waals surface area (Å²) in [5, 5.41) is 14.8. The fourth-order valence-corrected chi connectivity index (χ4v) is 5.54. The van der Waals surface area contributed by atoms with Crippen molar-refractivity contribution in [3.05, 3.63) is 28.4 Å². The molecule has 1 atom stereocenters. The topological polar surface area (TPSA) is 112 Å². The molecule has 0 spiro atoms. The zero-order chi connectivity index (χ0) is 22.9. The number of rotatable bonds is 8. The van der Waals surface area contributed by atoms with Crippen LogP contribution in [0, 0.1) is 11.8 Å². The first-order valence-corrected chi connectivity index (χ1v) is 12.7. The van der Waals surface area contributed by atoms with Gasteiger partial charge in [-0.25, -0.2) is 0 Å². The second kappa shape index (κ2) is 9.30. The molecule has 0 aromatic carbocycles. The third-order valence-corrected chi connectivity index (χ3v) is 7.71. The van der Waals surface area contributed by atoms with Crippen molar-refractivity contribution in [2.75, 3.05) is 17.3 Å². The Morgan fingerprint density at radius 3 is 2.76 bits per heavy atom. The van der Waals surface area contributed by atoms with Crippen molar-refractivity contribution in [3.8, 4) is 0 Å². The molecular weight excluding hydrogens is 458 g/mol. The number of nitrogens with zero attached hydrogens (tertiary/aromatic N) is 2. The first kappa shape index (κ1) is 22.1. The lowest BCUT2D eigenvalue weighted by Crippen LogP contribution is -2.46. The molecule has 11 heteroatoms. The van der Waals surface area contributed by atoms with Gasteiger partial charge < -0.3 is 16.0 Å². The molecule has 2 saturated carbocycles. The van der Waals surface area contributed by atoms with E-state index in [1.54, 1.807) is 22.2 Å². The minimum absolute atomic E-state index is 0.0337. The van der Waals surface area contributed by atoms with Gasteiger partial charge in [0, 0.05) is 36.6 Å². The fourth-order valence-electron chi connectivity index (χ4n) is 4.08. The first-order valence-electron chi connectivity index (χ1n) is 11.5. The molecule has 0 radical (unpaired) electrons. The Bertz CT molecular complexity index is 1070. The van der Waals surface area contributed by atoms with E-state index in [1.807, 2.05) is 13.2 Å². The molecule has 9 nitrogen and oxygen atoms in total. The molecule has 5 rings (SSSR count). The van der Waals surface area contributed by atoms with Gasteiger partial charge in [0.1, 0.15) is 5.00 Å². The van der Waals surface area contributed by atoms with Gasteiger partial charge in [-0.2, -0.15) is 5.10 Å². The molecule has 3 aliphatic rings. The fraction of sp³-hybridized carbons (Fsp3) is 0.545. The number of carbonyl (C=O) groups is 2. The zero-order valence-electron chi connectivity index (χ0n) is 18.6. The highest BCUT2D eigenvalue weighted by atomic mass is 32.1. The van der Waals surface area contributed by atoms with Crippen molar-refractivity contribution in [2.24, 2.45) is 18.9 Å². The first-order chi connectivity index (χ1) is 16.0. The number of hydrogen-bond donors (Lipinski definition) is 5. The lowest BCUT2D eigenvalue weighted by atomic mass is 9.91. The van der Waals surface area contributed by atoms with E-state index in [0.29, 0.717) is 34.6 Å². The van der Waals surface area contributed by atoms with E-state index in [1.165, 1.54) is 17.7 Å². The number of aromatic nitrogens is 2. The van der Waals surface area contributed by atoms with E-state index in [4.69, 9.17) is 12.2 Å². The monoisotopic (exact) mass is 487 g/mol. The predicted octanol–water partition coefficient (Wildman–Crippen LogP) is 2.32. The number of carbonyl (C=O) groups excluding carboxylic acids is 2. The third kappa shape index (κ3) is 5.47. The number of hydrazine groups is 1. The predicted molar refractivity (Wildman–Crippen MR) is 132 cm³/mol. The average molecular weight is 488 g/mol. The number of fused-ring (bicyclic) bond motifs is 1. The largest absolute Gasteiger partial charge is 0.358 e. The van der Waals surface area contributed by atoms with Crippen molar-refractivity contribution in [2.45, 2.75) is 51.0 Å². The lowest BCUT2D eigenvalue weighted by molar-refractivity contribution is -0.117. The van der Waals surface area contributed by atoms with Crippen molar-refractivity contribution in [1.82, 2.24) is 25.8 Å². The molecule has 2 fully saturated rings. The van der Waals surface area contributed by atoms with Gasteiger partial charge in [0.15, 0.2) is 5.11 Å². The summed E-state index contributed by atoms with van der Waals surface area (Å²) in [6, 6.07) is 0.102. The number of anilines is 2. The molecular formula is C22H29N7O2S2. The van der Waals surface area contributed by atoms with E-state index in [0.717, 1.165) is 36.9 Å². The second-order valence-corrected chi connectivity index (χ2v) is 10.7. The summed E-state index contributed by atoms with van der Waals surface area (Å²) in [6.07, 6.45) is 10.2. The Labute approximate surface area is 202 Å². The highest BCUT2D eigenvalue weighted by Crippen LogP contribution is 2.40. The Kier molecular flexibility index (Phi) is 6.24. The number of thiophene rings is 1. The molecule has 2 aromatic rings. The van der Waals surface area contributed by atoms with Crippen LogP contribution < -0.4 is 26.8 Å². The van der Waals surface area contributed by atoms with E-state index in [9.17, 15) is 9.59 Å².